The molecule has 2 unspecified atom stereocenters. The maximum absolute atomic E-state index is 12.9. The Labute approximate surface area is 166 Å². The Bertz CT molecular complexity index is 870. The summed E-state index contributed by atoms with van der Waals surface area (Å²) in [7, 11) is 0. The SMILES string of the molecule is CCC1CC(C)CN1C(=O)c1ccc(-n2nc(C)c(CCC(=O)O)c2C)cc1. The Hall–Kier alpha value is -2.63. The van der Waals surface area contributed by atoms with Crippen molar-refractivity contribution in [2.24, 2.45) is 5.92 Å². The number of amides is 1. The Morgan fingerprint density at radius 3 is 2.50 bits per heavy atom. The molecule has 0 radical (unpaired) electrons. The van der Waals surface area contributed by atoms with E-state index in [2.05, 4.69) is 18.9 Å². The van der Waals surface area contributed by atoms with Crippen molar-refractivity contribution >= 4 is 11.9 Å². The normalized spacial score (nSPS) is 19.2. The molecule has 1 aliphatic heterocycles. The van der Waals surface area contributed by atoms with Crippen LogP contribution in [-0.4, -0.2) is 44.3 Å². The molecule has 1 aliphatic rings. The third-order valence-electron chi connectivity index (χ3n) is 5.74. The van der Waals surface area contributed by atoms with E-state index in [1.54, 1.807) is 0 Å². The van der Waals surface area contributed by atoms with Gasteiger partial charge in [-0.1, -0.05) is 13.8 Å². The number of aryl methyl sites for hydroxylation is 1. The second kappa shape index (κ2) is 8.17. The molecule has 2 aromatic rings. The summed E-state index contributed by atoms with van der Waals surface area (Å²) < 4.78 is 1.83. The van der Waals surface area contributed by atoms with Crippen molar-refractivity contribution in [1.29, 1.82) is 0 Å². The molecule has 0 spiro atoms. The largest absolute Gasteiger partial charge is 0.481 e. The van der Waals surface area contributed by atoms with Crippen molar-refractivity contribution in [2.45, 2.75) is 59.4 Å². The van der Waals surface area contributed by atoms with Crippen LogP contribution in [0, 0.1) is 19.8 Å². The Morgan fingerprint density at radius 2 is 1.89 bits per heavy atom. The van der Waals surface area contributed by atoms with Crippen molar-refractivity contribution in [3.8, 4) is 5.69 Å². The molecule has 3 rings (SSSR count). The standard InChI is InChI=1S/C22H29N3O3/c1-5-18-12-14(2)13-24(18)22(28)17-6-8-19(9-7-17)25-16(4)20(15(3)23-25)10-11-21(26)27/h6-9,14,18H,5,10-13H2,1-4H3,(H,26,27). The van der Waals surface area contributed by atoms with E-state index in [0.717, 1.165) is 42.0 Å². The van der Waals surface area contributed by atoms with Crippen LogP contribution in [-0.2, 0) is 11.2 Å². The molecular formula is C22H29N3O3. The number of carbonyl (C=O) groups is 2. The molecule has 2 heterocycles. The van der Waals surface area contributed by atoms with Crippen LogP contribution in [0.1, 0.15) is 60.4 Å². The number of benzene rings is 1. The van der Waals surface area contributed by atoms with Gasteiger partial charge in [0.25, 0.3) is 5.91 Å². The topological polar surface area (TPSA) is 75.4 Å². The number of hydrogen-bond donors (Lipinski definition) is 1. The summed E-state index contributed by atoms with van der Waals surface area (Å²) in [5.74, 6) is -0.165. The molecule has 0 aliphatic carbocycles. The number of aromatic nitrogens is 2. The predicted octanol–water partition coefficient (Wildman–Crippen LogP) is 3.77. The van der Waals surface area contributed by atoms with Crippen LogP contribution in [0.25, 0.3) is 5.69 Å². The molecule has 150 valence electrons. The van der Waals surface area contributed by atoms with Gasteiger partial charge in [0.2, 0.25) is 0 Å². The molecular weight excluding hydrogens is 354 g/mol. The van der Waals surface area contributed by atoms with Crippen LogP contribution in [0.4, 0.5) is 0 Å². The lowest BCUT2D eigenvalue weighted by atomic mass is 10.1. The van der Waals surface area contributed by atoms with Crippen molar-refractivity contribution in [3.05, 3.63) is 46.8 Å². The fourth-order valence-electron chi connectivity index (χ4n) is 4.22. The summed E-state index contributed by atoms with van der Waals surface area (Å²) in [5.41, 5.74) is 4.33. The molecule has 1 aromatic heterocycles. The Balaban J connectivity index is 1.80. The average molecular weight is 383 g/mol. The van der Waals surface area contributed by atoms with E-state index in [1.165, 1.54) is 0 Å². The van der Waals surface area contributed by atoms with Gasteiger partial charge in [0.15, 0.2) is 0 Å². The van der Waals surface area contributed by atoms with Gasteiger partial charge in [0.05, 0.1) is 11.4 Å². The zero-order valence-corrected chi connectivity index (χ0v) is 17.1. The van der Waals surface area contributed by atoms with Gasteiger partial charge in [-0.05, 0) is 68.9 Å². The van der Waals surface area contributed by atoms with E-state index in [9.17, 15) is 9.59 Å². The monoisotopic (exact) mass is 383 g/mol. The van der Waals surface area contributed by atoms with Crippen LogP contribution in [0.5, 0.6) is 0 Å². The summed E-state index contributed by atoms with van der Waals surface area (Å²) in [6.45, 7) is 9.01. The summed E-state index contributed by atoms with van der Waals surface area (Å²) in [6, 6.07) is 7.87. The summed E-state index contributed by atoms with van der Waals surface area (Å²) >= 11 is 0. The summed E-state index contributed by atoms with van der Waals surface area (Å²) in [5, 5.41) is 13.5. The Kier molecular flexibility index (Phi) is 5.87. The smallest absolute Gasteiger partial charge is 0.303 e. The molecule has 1 aromatic carbocycles. The highest BCUT2D eigenvalue weighted by atomic mass is 16.4. The minimum Gasteiger partial charge on any atom is -0.481 e. The first-order chi connectivity index (χ1) is 13.3. The van der Waals surface area contributed by atoms with Gasteiger partial charge in [-0.25, -0.2) is 4.68 Å². The summed E-state index contributed by atoms with van der Waals surface area (Å²) in [6.07, 6.45) is 2.62. The number of likely N-dealkylation sites (tertiary alicyclic amines) is 1. The molecule has 0 bridgehead atoms. The van der Waals surface area contributed by atoms with E-state index < -0.39 is 5.97 Å². The van der Waals surface area contributed by atoms with E-state index in [0.29, 0.717) is 23.9 Å². The van der Waals surface area contributed by atoms with E-state index in [-0.39, 0.29) is 12.3 Å². The Morgan fingerprint density at radius 1 is 1.21 bits per heavy atom. The van der Waals surface area contributed by atoms with E-state index in [4.69, 9.17) is 5.11 Å². The number of carboxylic acid groups (broad SMARTS) is 1. The van der Waals surface area contributed by atoms with Crippen LogP contribution >= 0.6 is 0 Å². The average Bonchev–Trinajstić information content (AvgIpc) is 3.19. The van der Waals surface area contributed by atoms with Crippen LogP contribution in [0.15, 0.2) is 24.3 Å². The van der Waals surface area contributed by atoms with E-state index >= 15 is 0 Å². The predicted molar refractivity (Wildman–Crippen MR) is 108 cm³/mol. The fourth-order valence-corrected chi connectivity index (χ4v) is 4.22. The molecule has 6 heteroatoms. The highest BCUT2D eigenvalue weighted by Gasteiger charge is 2.32. The lowest BCUT2D eigenvalue weighted by Crippen LogP contribution is -2.35. The quantitative estimate of drug-likeness (QED) is 0.824. The number of carbonyl (C=O) groups excluding carboxylic acids is 1. The molecule has 1 saturated heterocycles. The second-order valence-electron chi connectivity index (χ2n) is 7.86. The maximum Gasteiger partial charge on any atom is 0.303 e. The molecule has 0 saturated carbocycles. The van der Waals surface area contributed by atoms with Gasteiger partial charge in [0, 0.05) is 30.3 Å². The van der Waals surface area contributed by atoms with Crippen molar-refractivity contribution in [2.75, 3.05) is 6.54 Å². The van der Waals surface area contributed by atoms with Gasteiger partial charge in [-0.15, -0.1) is 0 Å². The zero-order chi connectivity index (χ0) is 20.4. The van der Waals surface area contributed by atoms with Gasteiger partial charge in [-0.3, -0.25) is 9.59 Å². The number of hydrogen-bond acceptors (Lipinski definition) is 3. The first-order valence-electron chi connectivity index (χ1n) is 10.00. The molecule has 6 nitrogen and oxygen atoms in total. The highest BCUT2D eigenvalue weighted by Crippen LogP contribution is 2.27. The van der Waals surface area contributed by atoms with Crippen molar-refractivity contribution in [3.63, 3.8) is 0 Å². The highest BCUT2D eigenvalue weighted by molar-refractivity contribution is 5.94. The third kappa shape index (κ3) is 3.96. The van der Waals surface area contributed by atoms with Gasteiger partial charge in [0.1, 0.15) is 0 Å². The van der Waals surface area contributed by atoms with Crippen LogP contribution in [0.2, 0.25) is 0 Å². The van der Waals surface area contributed by atoms with Crippen molar-refractivity contribution < 1.29 is 14.7 Å². The molecule has 1 amide bonds. The lowest BCUT2D eigenvalue weighted by Gasteiger charge is -2.23. The third-order valence-corrected chi connectivity index (χ3v) is 5.74. The number of aliphatic carboxylic acids is 1. The first kappa shape index (κ1) is 20.1. The number of carboxylic acids is 1. The summed E-state index contributed by atoms with van der Waals surface area (Å²) in [4.78, 5) is 25.8. The van der Waals surface area contributed by atoms with Crippen LogP contribution < -0.4 is 0 Å². The molecule has 1 fully saturated rings. The first-order valence-corrected chi connectivity index (χ1v) is 10.00. The van der Waals surface area contributed by atoms with Gasteiger partial charge >= 0.3 is 5.97 Å². The van der Waals surface area contributed by atoms with Crippen LogP contribution in [0.3, 0.4) is 0 Å². The van der Waals surface area contributed by atoms with E-state index in [1.807, 2.05) is 47.7 Å². The number of rotatable bonds is 6. The van der Waals surface area contributed by atoms with Gasteiger partial charge in [-0.2, -0.15) is 5.10 Å². The molecule has 1 N–H and O–H groups in total. The number of nitrogens with zero attached hydrogens (tertiary/aromatic N) is 3. The molecule has 28 heavy (non-hydrogen) atoms. The zero-order valence-electron chi connectivity index (χ0n) is 17.1. The molecule has 2 atom stereocenters. The second-order valence-corrected chi connectivity index (χ2v) is 7.86. The fraction of sp³-hybridized carbons (Fsp3) is 0.500. The van der Waals surface area contributed by atoms with Gasteiger partial charge < -0.3 is 10.0 Å². The maximum atomic E-state index is 12.9. The minimum atomic E-state index is -0.809. The lowest BCUT2D eigenvalue weighted by molar-refractivity contribution is -0.136. The minimum absolute atomic E-state index is 0.0909. The van der Waals surface area contributed by atoms with Crippen molar-refractivity contribution in [1.82, 2.24) is 14.7 Å².